The van der Waals surface area contributed by atoms with E-state index in [1.54, 1.807) is 30.6 Å². The number of urea groups is 1. The third-order valence-corrected chi connectivity index (χ3v) is 4.83. The normalized spacial score (nSPS) is 13.3. The van der Waals surface area contributed by atoms with Crippen LogP contribution in [0.1, 0.15) is 10.5 Å². The Balaban J connectivity index is 1.42. The molecule has 0 aliphatic carbocycles. The molecule has 0 unspecified atom stereocenters. The quantitative estimate of drug-likeness (QED) is 0.490. The number of rotatable bonds is 5. The summed E-state index contributed by atoms with van der Waals surface area (Å²) in [6.07, 6.45) is 3.29. The van der Waals surface area contributed by atoms with Gasteiger partial charge in [0.05, 0.1) is 17.6 Å². The van der Waals surface area contributed by atoms with Crippen molar-refractivity contribution < 1.29 is 14.0 Å². The second-order valence-electron chi connectivity index (χ2n) is 7.08. The minimum atomic E-state index is -0.560. The molecule has 0 bridgehead atoms. The van der Waals surface area contributed by atoms with Crippen LogP contribution in [0.25, 0.3) is 0 Å². The average Bonchev–Trinajstić information content (AvgIpc) is 2.81. The predicted molar refractivity (Wildman–Crippen MR) is 121 cm³/mol. The number of halogens is 1. The third kappa shape index (κ3) is 5.35. The largest absolute Gasteiger partial charge is 0.367 e. The monoisotopic (exact) mass is 435 g/mol. The van der Waals surface area contributed by atoms with Crippen molar-refractivity contribution in [1.82, 2.24) is 15.3 Å². The number of carbonyl (C=O) groups is 2. The molecule has 10 heteroatoms. The van der Waals surface area contributed by atoms with Crippen LogP contribution < -0.4 is 26.2 Å². The molecular weight excluding hydrogens is 413 g/mol. The molecule has 9 nitrogen and oxygen atoms in total. The van der Waals surface area contributed by atoms with Gasteiger partial charge in [-0.25, -0.2) is 14.2 Å². The Labute approximate surface area is 184 Å². The SMILES string of the molecule is O=C(Nc1ccc(F)cc1)Nc1cccc(C(=O)Nc2cnccc2N2CCNCC2)n1. The molecule has 0 atom stereocenters. The van der Waals surface area contributed by atoms with Crippen LogP contribution in [0.15, 0.2) is 60.9 Å². The second kappa shape index (κ2) is 9.84. The zero-order valence-corrected chi connectivity index (χ0v) is 17.1. The fourth-order valence-corrected chi connectivity index (χ4v) is 3.29. The van der Waals surface area contributed by atoms with Crippen LogP contribution in [0.2, 0.25) is 0 Å². The average molecular weight is 435 g/mol. The summed E-state index contributed by atoms with van der Waals surface area (Å²) in [5.41, 5.74) is 2.05. The molecule has 164 valence electrons. The lowest BCUT2D eigenvalue weighted by Gasteiger charge is -2.30. The molecule has 0 radical (unpaired) electrons. The molecule has 3 amide bonds. The number of hydrogen-bond donors (Lipinski definition) is 4. The van der Waals surface area contributed by atoms with Crippen molar-refractivity contribution in [2.45, 2.75) is 0 Å². The number of aromatic nitrogens is 2. The van der Waals surface area contributed by atoms with Gasteiger partial charge in [-0.2, -0.15) is 0 Å². The Morgan fingerprint density at radius 2 is 1.75 bits per heavy atom. The Morgan fingerprint density at radius 1 is 0.969 bits per heavy atom. The number of hydrogen-bond acceptors (Lipinski definition) is 6. The molecule has 32 heavy (non-hydrogen) atoms. The van der Waals surface area contributed by atoms with Gasteiger partial charge in [-0.05, 0) is 42.5 Å². The summed E-state index contributed by atoms with van der Waals surface area (Å²) in [5, 5.41) is 11.3. The molecule has 1 saturated heterocycles. The second-order valence-corrected chi connectivity index (χ2v) is 7.08. The Hall–Kier alpha value is -4.05. The fourth-order valence-electron chi connectivity index (χ4n) is 3.29. The van der Waals surface area contributed by atoms with Crippen molar-refractivity contribution >= 4 is 34.8 Å². The van der Waals surface area contributed by atoms with E-state index in [0.29, 0.717) is 11.4 Å². The van der Waals surface area contributed by atoms with Gasteiger partial charge in [-0.3, -0.25) is 15.1 Å². The van der Waals surface area contributed by atoms with Crippen LogP contribution in [0.4, 0.5) is 32.1 Å². The van der Waals surface area contributed by atoms with E-state index in [1.807, 2.05) is 6.07 Å². The van der Waals surface area contributed by atoms with Crippen LogP contribution in [0.3, 0.4) is 0 Å². The van der Waals surface area contributed by atoms with Gasteiger partial charge in [0.25, 0.3) is 5.91 Å². The van der Waals surface area contributed by atoms with E-state index >= 15 is 0 Å². The molecule has 3 heterocycles. The van der Waals surface area contributed by atoms with Crippen molar-refractivity contribution in [2.75, 3.05) is 47.0 Å². The summed E-state index contributed by atoms with van der Waals surface area (Å²) in [4.78, 5) is 35.5. The number of carbonyl (C=O) groups excluding carboxylic acids is 2. The summed E-state index contributed by atoms with van der Waals surface area (Å²) >= 11 is 0. The lowest BCUT2D eigenvalue weighted by atomic mass is 10.2. The zero-order chi connectivity index (χ0) is 22.3. The summed E-state index contributed by atoms with van der Waals surface area (Å²) in [7, 11) is 0. The molecule has 1 aliphatic heterocycles. The van der Waals surface area contributed by atoms with E-state index in [-0.39, 0.29) is 11.5 Å². The summed E-state index contributed by atoms with van der Waals surface area (Å²) in [5.74, 6) is -0.618. The molecule has 0 saturated carbocycles. The summed E-state index contributed by atoms with van der Waals surface area (Å²) in [6, 6.07) is 11.4. The van der Waals surface area contributed by atoms with Crippen molar-refractivity contribution in [3.8, 4) is 0 Å². The van der Waals surface area contributed by atoms with Gasteiger partial charge in [0.2, 0.25) is 0 Å². The van der Waals surface area contributed by atoms with Crippen molar-refractivity contribution in [2.24, 2.45) is 0 Å². The number of piperazine rings is 1. The Morgan fingerprint density at radius 3 is 2.53 bits per heavy atom. The molecule has 4 rings (SSSR count). The summed E-state index contributed by atoms with van der Waals surface area (Å²) < 4.78 is 13.0. The first-order valence-corrected chi connectivity index (χ1v) is 10.1. The maximum atomic E-state index is 13.0. The van der Waals surface area contributed by atoms with Crippen LogP contribution in [0.5, 0.6) is 0 Å². The molecular formula is C22H22FN7O2. The van der Waals surface area contributed by atoms with Gasteiger partial charge in [0.15, 0.2) is 0 Å². The van der Waals surface area contributed by atoms with Gasteiger partial charge in [-0.15, -0.1) is 0 Å². The highest BCUT2D eigenvalue weighted by atomic mass is 19.1. The topological polar surface area (TPSA) is 111 Å². The van der Waals surface area contributed by atoms with E-state index in [9.17, 15) is 14.0 Å². The van der Waals surface area contributed by atoms with Crippen molar-refractivity contribution in [3.63, 3.8) is 0 Å². The number of nitrogens with one attached hydrogen (secondary N) is 4. The highest BCUT2D eigenvalue weighted by molar-refractivity contribution is 6.05. The van der Waals surface area contributed by atoms with Crippen LogP contribution in [-0.4, -0.2) is 48.1 Å². The van der Waals surface area contributed by atoms with Gasteiger partial charge in [-0.1, -0.05) is 6.07 Å². The number of pyridine rings is 2. The van der Waals surface area contributed by atoms with E-state index in [0.717, 1.165) is 31.9 Å². The highest BCUT2D eigenvalue weighted by Crippen LogP contribution is 2.25. The molecule has 4 N–H and O–H groups in total. The lowest BCUT2D eigenvalue weighted by molar-refractivity contribution is 0.102. The number of amides is 3. The first-order chi connectivity index (χ1) is 15.6. The summed E-state index contributed by atoms with van der Waals surface area (Å²) in [6.45, 7) is 3.39. The van der Waals surface area contributed by atoms with Crippen molar-refractivity contribution in [1.29, 1.82) is 0 Å². The first kappa shape index (κ1) is 21.2. The predicted octanol–water partition coefficient (Wildman–Crippen LogP) is 2.92. The minimum Gasteiger partial charge on any atom is -0.367 e. The first-order valence-electron chi connectivity index (χ1n) is 10.1. The molecule has 0 spiro atoms. The molecule has 2 aromatic heterocycles. The van der Waals surface area contributed by atoms with E-state index < -0.39 is 17.8 Å². The van der Waals surface area contributed by atoms with E-state index in [2.05, 4.69) is 36.1 Å². The Kier molecular flexibility index (Phi) is 6.52. The molecule has 1 fully saturated rings. The van der Waals surface area contributed by atoms with Crippen LogP contribution >= 0.6 is 0 Å². The fraction of sp³-hybridized carbons (Fsp3) is 0.182. The maximum absolute atomic E-state index is 13.0. The lowest BCUT2D eigenvalue weighted by Crippen LogP contribution is -2.43. The van der Waals surface area contributed by atoms with Gasteiger partial charge in [0, 0.05) is 38.1 Å². The number of anilines is 4. The standard InChI is InChI=1S/C22H22FN7O2/c23-15-4-6-16(7-5-15)26-22(32)29-20-3-1-2-17(27-20)21(31)28-18-14-25-9-8-19(18)30-12-10-24-11-13-30/h1-9,14,24H,10-13H2,(H,28,31)(H2,26,27,29,32). The van der Waals surface area contributed by atoms with Crippen LogP contribution in [-0.2, 0) is 0 Å². The molecule has 1 aromatic carbocycles. The van der Waals surface area contributed by atoms with Crippen molar-refractivity contribution in [3.05, 3.63) is 72.4 Å². The van der Waals surface area contributed by atoms with E-state index in [4.69, 9.17) is 0 Å². The minimum absolute atomic E-state index is 0.139. The number of benzene rings is 1. The van der Waals surface area contributed by atoms with Gasteiger partial charge >= 0.3 is 6.03 Å². The van der Waals surface area contributed by atoms with Crippen LogP contribution in [0, 0.1) is 5.82 Å². The smallest absolute Gasteiger partial charge is 0.324 e. The number of nitrogens with zero attached hydrogens (tertiary/aromatic N) is 3. The Bertz CT molecular complexity index is 1100. The van der Waals surface area contributed by atoms with Gasteiger partial charge < -0.3 is 20.9 Å². The maximum Gasteiger partial charge on any atom is 0.324 e. The highest BCUT2D eigenvalue weighted by Gasteiger charge is 2.17. The van der Waals surface area contributed by atoms with E-state index in [1.165, 1.54) is 24.3 Å². The molecule has 1 aliphatic rings. The van der Waals surface area contributed by atoms with Gasteiger partial charge in [0.1, 0.15) is 17.3 Å². The third-order valence-electron chi connectivity index (χ3n) is 4.83. The molecule has 3 aromatic rings. The zero-order valence-electron chi connectivity index (χ0n) is 17.1.